The second-order valence-corrected chi connectivity index (χ2v) is 6.45. The predicted octanol–water partition coefficient (Wildman–Crippen LogP) is 1.88. The summed E-state index contributed by atoms with van der Waals surface area (Å²) in [6.45, 7) is 7.04. The molecule has 0 saturated carbocycles. The van der Waals surface area contributed by atoms with Crippen LogP contribution in [0.1, 0.15) is 38.1 Å². The second kappa shape index (κ2) is 7.55. The number of nitrogens with one attached hydrogen (secondary N) is 1. The number of halogens is 3. The summed E-state index contributed by atoms with van der Waals surface area (Å²) in [7, 11) is 1.71. The van der Waals surface area contributed by atoms with Gasteiger partial charge in [0.2, 0.25) is 11.9 Å². The third-order valence-electron chi connectivity index (χ3n) is 4.29. The molecule has 1 atom stereocenters. The van der Waals surface area contributed by atoms with Crippen molar-refractivity contribution in [2.45, 2.75) is 38.9 Å². The third-order valence-corrected chi connectivity index (χ3v) is 4.29. The smallest absolute Gasteiger partial charge is 0.338 e. The molecule has 0 aromatic carbocycles. The Hall–Kier alpha value is -1.90. The maximum absolute atomic E-state index is 13.1. The first-order chi connectivity index (χ1) is 11.6. The van der Waals surface area contributed by atoms with Gasteiger partial charge in [-0.05, 0) is 26.0 Å². The van der Waals surface area contributed by atoms with Crippen molar-refractivity contribution in [2.75, 3.05) is 38.1 Å². The van der Waals surface area contributed by atoms with E-state index in [1.807, 2.05) is 0 Å². The van der Waals surface area contributed by atoms with Crippen molar-refractivity contribution in [2.24, 2.45) is 0 Å². The Bertz CT molecular complexity index is 612. The second-order valence-electron chi connectivity index (χ2n) is 6.45. The van der Waals surface area contributed by atoms with Crippen molar-refractivity contribution in [1.29, 1.82) is 0 Å². The number of rotatable bonds is 4. The Balaban J connectivity index is 2.17. The van der Waals surface area contributed by atoms with Crippen LogP contribution in [0.2, 0.25) is 0 Å². The number of alkyl halides is 3. The number of carbonyl (C=O) groups is 1. The van der Waals surface area contributed by atoms with Crippen LogP contribution in [0.5, 0.6) is 0 Å². The molecule has 0 radical (unpaired) electrons. The van der Waals surface area contributed by atoms with Crippen LogP contribution in [0.15, 0.2) is 6.07 Å². The predicted molar refractivity (Wildman–Crippen MR) is 88.4 cm³/mol. The number of hydrogen-bond donors (Lipinski definition) is 1. The lowest BCUT2D eigenvalue weighted by atomic mass is 10.1. The SMILES string of the molecule is CN[C@@H](C)C(=O)N1CCN(c2nc(C(C)C)cc(C(F)(F)F)n2)CC1. The minimum Gasteiger partial charge on any atom is -0.338 e. The molecule has 1 aromatic rings. The van der Waals surface area contributed by atoms with Crippen molar-refractivity contribution >= 4 is 11.9 Å². The van der Waals surface area contributed by atoms with Crippen molar-refractivity contribution in [3.05, 3.63) is 17.5 Å². The van der Waals surface area contributed by atoms with Crippen LogP contribution in [0.3, 0.4) is 0 Å². The molecule has 6 nitrogen and oxygen atoms in total. The first-order valence-electron chi connectivity index (χ1n) is 8.30. The molecule has 9 heteroatoms. The number of carbonyl (C=O) groups excluding carboxylic acids is 1. The van der Waals surface area contributed by atoms with E-state index in [-0.39, 0.29) is 23.8 Å². The fourth-order valence-corrected chi connectivity index (χ4v) is 2.56. The molecule has 1 fully saturated rings. The van der Waals surface area contributed by atoms with Crippen LogP contribution < -0.4 is 10.2 Å². The topological polar surface area (TPSA) is 61.4 Å². The first kappa shape index (κ1) is 19.4. The first-order valence-corrected chi connectivity index (χ1v) is 8.30. The summed E-state index contributed by atoms with van der Waals surface area (Å²) in [5.74, 6) is -0.0792. The van der Waals surface area contributed by atoms with E-state index >= 15 is 0 Å². The van der Waals surface area contributed by atoms with E-state index in [2.05, 4.69) is 15.3 Å². The molecule has 2 rings (SSSR count). The summed E-state index contributed by atoms with van der Waals surface area (Å²) in [5, 5.41) is 2.89. The molecule has 1 aliphatic rings. The number of anilines is 1. The van der Waals surface area contributed by atoms with Gasteiger partial charge in [-0.1, -0.05) is 13.8 Å². The molecule has 1 saturated heterocycles. The Morgan fingerprint density at radius 3 is 2.24 bits per heavy atom. The van der Waals surface area contributed by atoms with E-state index < -0.39 is 11.9 Å². The highest BCUT2D eigenvalue weighted by Gasteiger charge is 2.35. The van der Waals surface area contributed by atoms with Crippen LogP contribution in [0.25, 0.3) is 0 Å². The van der Waals surface area contributed by atoms with E-state index in [0.29, 0.717) is 31.9 Å². The monoisotopic (exact) mass is 359 g/mol. The number of piperazine rings is 1. The largest absolute Gasteiger partial charge is 0.433 e. The summed E-state index contributed by atoms with van der Waals surface area (Å²) >= 11 is 0. The average molecular weight is 359 g/mol. The number of nitrogens with zero attached hydrogens (tertiary/aromatic N) is 4. The van der Waals surface area contributed by atoms with E-state index in [1.54, 1.807) is 37.6 Å². The summed E-state index contributed by atoms with van der Waals surface area (Å²) in [5.41, 5.74) is -0.567. The van der Waals surface area contributed by atoms with Gasteiger partial charge in [0.05, 0.1) is 6.04 Å². The molecule has 1 aromatic heterocycles. The van der Waals surface area contributed by atoms with Gasteiger partial charge in [-0.2, -0.15) is 13.2 Å². The van der Waals surface area contributed by atoms with E-state index in [1.165, 1.54) is 0 Å². The van der Waals surface area contributed by atoms with E-state index in [4.69, 9.17) is 0 Å². The van der Waals surface area contributed by atoms with Crippen molar-refractivity contribution in [3.8, 4) is 0 Å². The molecule has 25 heavy (non-hydrogen) atoms. The fourth-order valence-electron chi connectivity index (χ4n) is 2.56. The molecule has 0 unspecified atom stereocenters. The molecule has 1 aliphatic heterocycles. The molecule has 140 valence electrons. The quantitative estimate of drug-likeness (QED) is 0.889. The summed E-state index contributed by atoms with van der Waals surface area (Å²) in [6.07, 6.45) is -4.51. The normalized spacial score (nSPS) is 17.1. The minimum absolute atomic E-state index is 0.0185. The number of aromatic nitrogens is 2. The van der Waals surface area contributed by atoms with Crippen LogP contribution in [0, 0.1) is 0 Å². The molecule has 0 aliphatic carbocycles. The lowest BCUT2D eigenvalue weighted by Crippen LogP contribution is -2.53. The zero-order valence-corrected chi connectivity index (χ0v) is 14.9. The highest BCUT2D eigenvalue weighted by molar-refractivity contribution is 5.81. The lowest BCUT2D eigenvalue weighted by Gasteiger charge is -2.36. The van der Waals surface area contributed by atoms with Gasteiger partial charge in [-0.3, -0.25) is 4.79 Å². The van der Waals surface area contributed by atoms with Crippen LogP contribution in [-0.4, -0.2) is 60.0 Å². The molecule has 1 amide bonds. The van der Waals surface area contributed by atoms with Gasteiger partial charge in [0.15, 0.2) is 0 Å². The molecule has 2 heterocycles. The highest BCUT2D eigenvalue weighted by atomic mass is 19.4. The van der Waals surface area contributed by atoms with Gasteiger partial charge in [-0.15, -0.1) is 0 Å². The van der Waals surface area contributed by atoms with Crippen molar-refractivity contribution < 1.29 is 18.0 Å². The molecule has 1 N–H and O–H groups in total. The van der Waals surface area contributed by atoms with Crippen LogP contribution in [-0.2, 0) is 11.0 Å². The summed E-state index contributed by atoms with van der Waals surface area (Å²) < 4.78 is 39.3. The third kappa shape index (κ3) is 4.59. The van der Waals surface area contributed by atoms with Crippen LogP contribution >= 0.6 is 0 Å². The Labute approximate surface area is 145 Å². The van der Waals surface area contributed by atoms with Gasteiger partial charge in [0.25, 0.3) is 0 Å². The maximum Gasteiger partial charge on any atom is 0.433 e. The molecular weight excluding hydrogens is 335 g/mol. The van der Waals surface area contributed by atoms with Gasteiger partial charge in [0.1, 0.15) is 5.69 Å². The van der Waals surface area contributed by atoms with Gasteiger partial charge < -0.3 is 15.1 Å². The van der Waals surface area contributed by atoms with Gasteiger partial charge >= 0.3 is 6.18 Å². The maximum atomic E-state index is 13.1. The minimum atomic E-state index is -4.51. The fraction of sp³-hybridized carbons (Fsp3) is 0.688. The van der Waals surface area contributed by atoms with E-state index in [9.17, 15) is 18.0 Å². The zero-order chi connectivity index (χ0) is 18.8. The molecule has 0 spiro atoms. The highest BCUT2D eigenvalue weighted by Crippen LogP contribution is 2.30. The van der Waals surface area contributed by atoms with Crippen LogP contribution in [0.4, 0.5) is 19.1 Å². The van der Waals surface area contributed by atoms with E-state index in [0.717, 1.165) is 6.07 Å². The molecule has 0 bridgehead atoms. The lowest BCUT2D eigenvalue weighted by molar-refractivity contribution is -0.141. The summed E-state index contributed by atoms with van der Waals surface area (Å²) in [6, 6.07) is 0.714. The zero-order valence-electron chi connectivity index (χ0n) is 14.9. The Morgan fingerprint density at radius 1 is 1.16 bits per heavy atom. The Morgan fingerprint density at radius 2 is 1.76 bits per heavy atom. The van der Waals surface area contributed by atoms with Crippen molar-refractivity contribution in [1.82, 2.24) is 20.2 Å². The molecular formula is C16H24F3N5O. The standard InChI is InChI=1S/C16H24F3N5O/c1-10(2)12-9-13(16(17,18)19)22-15(21-12)24-7-5-23(6-8-24)14(25)11(3)20-4/h9-11,20H,5-8H2,1-4H3/t11-/m0/s1. The number of amides is 1. The van der Waals surface area contributed by atoms with Gasteiger partial charge in [0, 0.05) is 31.9 Å². The van der Waals surface area contributed by atoms with Gasteiger partial charge in [-0.25, -0.2) is 9.97 Å². The van der Waals surface area contributed by atoms with Crippen molar-refractivity contribution in [3.63, 3.8) is 0 Å². The number of likely N-dealkylation sites (N-methyl/N-ethyl adjacent to an activating group) is 1. The summed E-state index contributed by atoms with van der Waals surface area (Å²) in [4.78, 5) is 23.6. The number of hydrogen-bond acceptors (Lipinski definition) is 5. The average Bonchev–Trinajstić information content (AvgIpc) is 2.59. The Kier molecular flexibility index (Phi) is 5.87.